The summed E-state index contributed by atoms with van der Waals surface area (Å²) in [5.74, 6) is 2.07. The van der Waals surface area contributed by atoms with Crippen LogP contribution in [0.5, 0.6) is 0 Å². The SMILES string of the molecule is CC1SCCCC1Nc1cccc(-c2nnnn2C)c1. The van der Waals surface area contributed by atoms with E-state index >= 15 is 0 Å². The molecule has 6 heteroatoms. The minimum absolute atomic E-state index is 0.543. The molecule has 1 aliphatic rings. The smallest absolute Gasteiger partial charge is 0.181 e. The van der Waals surface area contributed by atoms with Crippen LogP contribution in [0.3, 0.4) is 0 Å². The zero-order valence-corrected chi connectivity index (χ0v) is 12.6. The average Bonchev–Trinajstić information content (AvgIpc) is 2.88. The van der Waals surface area contributed by atoms with Gasteiger partial charge in [-0.2, -0.15) is 11.8 Å². The van der Waals surface area contributed by atoms with Crippen molar-refractivity contribution < 1.29 is 0 Å². The first kappa shape index (κ1) is 13.4. The Balaban J connectivity index is 1.79. The Bertz CT molecular complexity index is 582. The highest BCUT2D eigenvalue weighted by molar-refractivity contribution is 8.00. The van der Waals surface area contributed by atoms with Crippen LogP contribution in [0.2, 0.25) is 0 Å². The summed E-state index contributed by atoms with van der Waals surface area (Å²) in [4.78, 5) is 0. The topological polar surface area (TPSA) is 55.6 Å². The van der Waals surface area contributed by atoms with Crippen LogP contribution in [0.1, 0.15) is 19.8 Å². The van der Waals surface area contributed by atoms with Gasteiger partial charge in [0, 0.05) is 29.6 Å². The number of nitrogens with zero attached hydrogens (tertiary/aromatic N) is 4. The van der Waals surface area contributed by atoms with Crippen molar-refractivity contribution in [1.29, 1.82) is 0 Å². The summed E-state index contributed by atoms with van der Waals surface area (Å²) in [5.41, 5.74) is 2.18. The lowest BCUT2D eigenvalue weighted by Crippen LogP contribution is -2.32. The molecule has 5 nitrogen and oxygen atoms in total. The lowest BCUT2D eigenvalue weighted by atomic mass is 10.1. The molecule has 1 aromatic heterocycles. The number of thioether (sulfide) groups is 1. The number of anilines is 1. The molecule has 0 bridgehead atoms. The van der Waals surface area contributed by atoms with Crippen LogP contribution in [0.25, 0.3) is 11.4 Å². The van der Waals surface area contributed by atoms with Gasteiger partial charge in [0.1, 0.15) is 0 Å². The Morgan fingerprint density at radius 2 is 2.30 bits per heavy atom. The first-order valence-electron chi connectivity index (χ1n) is 6.95. The van der Waals surface area contributed by atoms with Gasteiger partial charge in [0.15, 0.2) is 5.82 Å². The van der Waals surface area contributed by atoms with E-state index in [0.717, 1.165) is 17.1 Å². The third kappa shape index (κ3) is 2.80. The van der Waals surface area contributed by atoms with E-state index in [4.69, 9.17) is 0 Å². The van der Waals surface area contributed by atoms with Crippen LogP contribution in [0.15, 0.2) is 24.3 Å². The van der Waals surface area contributed by atoms with E-state index in [2.05, 4.69) is 51.7 Å². The third-order valence-electron chi connectivity index (χ3n) is 3.70. The van der Waals surface area contributed by atoms with E-state index < -0.39 is 0 Å². The lowest BCUT2D eigenvalue weighted by molar-refractivity contribution is 0.617. The molecule has 1 N–H and O–H groups in total. The van der Waals surface area contributed by atoms with Gasteiger partial charge < -0.3 is 5.32 Å². The second-order valence-electron chi connectivity index (χ2n) is 5.18. The molecular weight excluding hydrogens is 270 g/mol. The Hall–Kier alpha value is -1.56. The van der Waals surface area contributed by atoms with Gasteiger partial charge in [0.2, 0.25) is 0 Å². The molecule has 106 valence electrons. The van der Waals surface area contributed by atoms with Gasteiger partial charge in [-0.3, -0.25) is 0 Å². The Labute approximate surface area is 123 Å². The predicted octanol–water partition coefficient (Wildman–Crippen LogP) is 2.57. The number of tetrazole rings is 1. The number of aromatic nitrogens is 4. The highest BCUT2D eigenvalue weighted by Gasteiger charge is 2.21. The monoisotopic (exact) mass is 289 g/mol. The van der Waals surface area contributed by atoms with Crippen molar-refractivity contribution in [2.24, 2.45) is 7.05 Å². The van der Waals surface area contributed by atoms with Crippen LogP contribution in [0.4, 0.5) is 5.69 Å². The fourth-order valence-electron chi connectivity index (χ4n) is 2.55. The summed E-state index contributed by atoms with van der Waals surface area (Å²) in [6, 6.07) is 8.86. The Kier molecular flexibility index (Phi) is 3.91. The summed E-state index contributed by atoms with van der Waals surface area (Å²) in [6.45, 7) is 2.30. The Morgan fingerprint density at radius 3 is 3.05 bits per heavy atom. The predicted molar refractivity (Wildman–Crippen MR) is 82.8 cm³/mol. The normalized spacial score (nSPS) is 22.7. The first-order chi connectivity index (χ1) is 9.74. The van der Waals surface area contributed by atoms with Crippen LogP contribution in [0, 0.1) is 0 Å². The van der Waals surface area contributed by atoms with Crippen LogP contribution < -0.4 is 5.32 Å². The number of benzene rings is 1. The fraction of sp³-hybridized carbons (Fsp3) is 0.500. The molecule has 1 fully saturated rings. The highest BCUT2D eigenvalue weighted by atomic mass is 32.2. The molecule has 0 spiro atoms. The van der Waals surface area contributed by atoms with E-state index in [1.54, 1.807) is 4.68 Å². The van der Waals surface area contributed by atoms with Gasteiger partial charge >= 0.3 is 0 Å². The molecule has 0 radical (unpaired) electrons. The molecule has 1 saturated heterocycles. The molecule has 0 amide bonds. The molecule has 20 heavy (non-hydrogen) atoms. The quantitative estimate of drug-likeness (QED) is 0.941. The maximum Gasteiger partial charge on any atom is 0.181 e. The van der Waals surface area contributed by atoms with Crippen LogP contribution in [-0.2, 0) is 7.05 Å². The zero-order valence-electron chi connectivity index (χ0n) is 11.8. The van der Waals surface area contributed by atoms with Crippen molar-refractivity contribution in [2.75, 3.05) is 11.1 Å². The van der Waals surface area contributed by atoms with Gasteiger partial charge in [-0.15, -0.1) is 5.10 Å². The van der Waals surface area contributed by atoms with Gasteiger partial charge in [0.05, 0.1) is 0 Å². The summed E-state index contributed by atoms with van der Waals surface area (Å²) in [5, 5.41) is 15.9. The van der Waals surface area contributed by atoms with Crippen LogP contribution >= 0.6 is 11.8 Å². The molecule has 0 aliphatic carbocycles. The van der Waals surface area contributed by atoms with Crippen LogP contribution in [-0.4, -0.2) is 37.3 Å². The summed E-state index contributed by atoms with van der Waals surface area (Å²) >= 11 is 2.05. The molecular formula is C14H19N5S. The van der Waals surface area contributed by atoms with Crippen molar-refractivity contribution in [1.82, 2.24) is 20.2 Å². The zero-order chi connectivity index (χ0) is 13.9. The molecule has 3 rings (SSSR count). The van der Waals surface area contributed by atoms with E-state index in [-0.39, 0.29) is 0 Å². The molecule has 2 heterocycles. The number of nitrogens with one attached hydrogen (secondary N) is 1. The maximum absolute atomic E-state index is 4.06. The van der Waals surface area contributed by atoms with Crippen molar-refractivity contribution in [2.45, 2.75) is 31.1 Å². The van der Waals surface area contributed by atoms with Gasteiger partial charge in [-0.1, -0.05) is 19.1 Å². The second kappa shape index (κ2) is 5.83. The van der Waals surface area contributed by atoms with Crippen molar-refractivity contribution in [3.05, 3.63) is 24.3 Å². The van der Waals surface area contributed by atoms with E-state index in [0.29, 0.717) is 11.3 Å². The molecule has 1 aromatic carbocycles. The molecule has 2 aromatic rings. The average molecular weight is 289 g/mol. The largest absolute Gasteiger partial charge is 0.381 e. The summed E-state index contributed by atoms with van der Waals surface area (Å²) in [7, 11) is 1.86. The van der Waals surface area contributed by atoms with E-state index in [1.807, 2.05) is 19.2 Å². The number of aryl methyl sites for hydroxylation is 1. The van der Waals surface area contributed by atoms with Gasteiger partial charge in [0.25, 0.3) is 0 Å². The second-order valence-corrected chi connectivity index (χ2v) is 6.66. The van der Waals surface area contributed by atoms with Crippen molar-refractivity contribution in [3.8, 4) is 11.4 Å². The van der Waals surface area contributed by atoms with Crippen molar-refractivity contribution >= 4 is 17.4 Å². The minimum atomic E-state index is 0.543. The number of rotatable bonds is 3. The minimum Gasteiger partial charge on any atom is -0.381 e. The fourth-order valence-corrected chi connectivity index (χ4v) is 3.69. The molecule has 2 unspecified atom stereocenters. The van der Waals surface area contributed by atoms with E-state index in [9.17, 15) is 0 Å². The maximum atomic E-state index is 4.06. The third-order valence-corrected chi connectivity index (χ3v) is 5.08. The standard InChI is InChI=1S/C14H19N5S/c1-10-13(7-4-8-20-10)15-12-6-3-5-11(9-12)14-16-17-18-19(14)2/h3,5-6,9-10,13,15H,4,7-8H2,1-2H3. The Morgan fingerprint density at radius 1 is 1.40 bits per heavy atom. The molecule has 2 atom stereocenters. The number of hydrogen-bond acceptors (Lipinski definition) is 5. The lowest BCUT2D eigenvalue weighted by Gasteiger charge is -2.30. The molecule has 0 saturated carbocycles. The van der Waals surface area contributed by atoms with Crippen molar-refractivity contribution in [3.63, 3.8) is 0 Å². The number of hydrogen-bond donors (Lipinski definition) is 1. The van der Waals surface area contributed by atoms with Gasteiger partial charge in [-0.05, 0) is 41.2 Å². The summed E-state index contributed by atoms with van der Waals surface area (Å²) in [6.07, 6.45) is 2.53. The summed E-state index contributed by atoms with van der Waals surface area (Å²) < 4.78 is 1.69. The first-order valence-corrected chi connectivity index (χ1v) is 8.00. The van der Waals surface area contributed by atoms with E-state index in [1.165, 1.54) is 18.6 Å². The van der Waals surface area contributed by atoms with Gasteiger partial charge in [-0.25, -0.2) is 4.68 Å². The highest BCUT2D eigenvalue weighted by Crippen LogP contribution is 2.28. The molecule has 1 aliphatic heterocycles.